The lowest BCUT2D eigenvalue weighted by Crippen LogP contribution is -2.03. The van der Waals surface area contributed by atoms with Gasteiger partial charge in [-0.3, -0.25) is 0 Å². The molecule has 2 N–H and O–H groups in total. The van der Waals surface area contributed by atoms with Crippen LogP contribution in [0.1, 0.15) is 18.4 Å². The standard InChI is InChI=1S/C11H16O4/c1-7(6-12)9-4-8(13)5-10(14-2)11(9)15-3/h4-5,7,12-13H,6H2,1-3H3. The SMILES string of the molecule is COc1cc(O)cc(C(C)CO)c1OC. The van der Waals surface area contributed by atoms with Crippen molar-refractivity contribution in [3.8, 4) is 17.2 Å². The quantitative estimate of drug-likeness (QED) is 0.794. The fraction of sp³-hybridized carbons (Fsp3) is 0.455. The van der Waals surface area contributed by atoms with Crippen LogP contribution in [0.3, 0.4) is 0 Å². The van der Waals surface area contributed by atoms with Gasteiger partial charge in [0.1, 0.15) is 5.75 Å². The molecule has 0 saturated heterocycles. The van der Waals surface area contributed by atoms with E-state index in [0.29, 0.717) is 11.5 Å². The number of benzene rings is 1. The molecule has 0 bridgehead atoms. The molecule has 0 saturated carbocycles. The van der Waals surface area contributed by atoms with Crippen LogP contribution in [0.25, 0.3) is 0 Å². The van der Waals surface area contributed by atoms with Gasteiger partial charge in [-0.25, -0.2) is 0 Å². The molecule has 0 amide bonds. The largest absolute Gasteiger partial charge is 0.508 e. The molecule has 4 nitrogen and oxygen atoms in total. The number of methoxy groups -OCH3 is 2. The molecule has 1 rings (SSSR count). The lowest BCUT2D eigenvalue weighted by atomic mass is 10.00. The van der Waals surface area contributed by atoms with E-state index in [1.54, 1.807) is 6.07 Å². The van der Waals surface area contributed by atoms with Crippen molar-refractivity contribution < 1.29 is 19.7 Å². The summed E-state index contributed by atoms with van der Waals surface area (Å²) in [5.41, 5.74) is 0.733. The molecule has 84 valence electrons. The van der Waals surface area contributed by atoms with Crippen LogP contribution < -0.4 is 9.47 Å². The Morgan fingerprint density at radius 1 is 1.27 bits per heavy atom. The first-order chi connectivity index (χ1) is 7.13. The van der Waals surface area contributed by atoms with Gasteiger partial charge in [-0.2, -0.15) is 0 Å². The molecule has 0 radical (unpaired) electrons. The summed E-state index contributed by atoms with van der Waals surface area (Å²) in [4.78, 5) is 0. The second-order valence-corrected chi connectivity index (χ2v) is 3.35. The third kappa shape index (κ3) is 2.33. The molecule has 0 aliphatic rings. The van der Waals surface area contributed by atoms with Gasteiger partial charge in [-0.1, -0.05) is 6.92 Å². The number of ether oxygens (including phenoxy) is 2. The maximum absolute atomic E-state index is 9.47. The van der Waals surface area contributed by atoms with E-state index in [1.807, 2.05) is 6.92 Å². The fourth-order valence-electron chi connectivity index (χ4n) is 1.44. The monoisotopic (exact) mass is 212 g/mol. The molecular weight excluding hydrogens is 196 g/mol. The summed E-state index contributed by atoms with van der Waals surface area (Å²) in [5.74, 6) is 1.01. The average Bonchev–Trinajstić information content (AvgIpc) is 2.26. The van der Waals surface area contributed by atoms with E-state index in [1.165, 1.54) is 20.3 Å². The van der Waals surface area contributed by atoms with E-state index in [0.717, 1.165) is 5.56 Å². The predicted octanol–water partition coefficient (Wildman–Crippen LogP) is 1.51. The first kappa shape index (κ1) is 11.7. The fourth-order valence-corrected chi connectivity index (χ4v) is 1.44. The van der Waals surface area contributed by atoms with Gasteiger partial charge in [0.15, 0.2) is 11.5 Å². The highest BCUT2D eigenvalue weighted by Crippen LogP contribution is 2.38. The summed E-state index contributed by atoms with van der Waals surface area (Å²) in [6, 6.07) is 3.05. The zero-order valence-electron chi connectivity index (χ0n) is 9.15. The van der Waals surface area contributed by atoms with Crippen molar-refractivity contribution in [2.75, 3.05) is 20.8 Å². The topological polar surface area (TPSA) is 58.9 Å². The minimum absolute atomic E-state index is 0.0109. The lowest BCUT2D eigenvalue weighted by molar-refractivity contribution is 0.267. The van der Waals surface area contributed by atoms with E-state index >= 15 is 0 Å². The number of phenols is 1. The van der Waals surface area contributed by atoms with E-state index in [2.05, 4.69) is 0 Å². The highest BCUT2D eigenvalue weighted by Gasteiger charge is 2.16. The van der Waals surface area contributed by atoms with Crippen LogP contribution in [0.15, 0.2) is 12.1 Å². The number of phenolic OH excluding ortho intramolecular Hbond substituents is 1. The van der Waals surface area contributed by atoms with Crippen LogP contribution in [0.4, 0.5) is 0 Å². The molecule has 15 heavy (non-hydrogen) atoms. The average molecular weight is 212 g/mol. The van der Waals surface area contributed by atoms with E-state index in [4.69, 9.17) is 14.6 Å². The van der Waals surface area contributed by atoms with Gasteiger partial charge in [-0.05, 0) is 6.07 Å². The molecule has 1 atom stereocenters. The van der Waals surface area contributed by atoms with E-state index in [-0.39, 0.29) is 18.3 Å². The molecule has 0 fully saturated rings. The normalized spacial score (nSPS) is 12.3. The van der Waals surface area contributed by atoms with Crippen LogP contribution in [-0.2, 0) is 0 Å². The summed E-state index contributed by atoms with van der Waals surface area (Å²) < 4.78 is 10.3. The second kappa shape index (κ2) is 4.89. The van der Waals surface area contributed by atoms with Crippen LogP contribution in [0, 0.1) is 0 Å². The Morgan fingerprint density at radius 2 is 1.93 bits per heavy atom. The first-order valence-electron chi connectivity index (χ1n) is 4.69. The van der Waals surface area contributed by atoms with Gasteiger partial charge >= 0.3 is 0 Å². The van der Waals surface area contributed by atoms with Gasteiger partial charge in [-0.15, -0.1) is 0 Å². The number of hydrogen-bond donors (Lipinski definition) is 2. The third-order valence-corrected chi connectivity index (χ3v) is 2.30. The summed E-state index contributed by atoms with van der Waals surface area (Å²) >= 11 is 0. The zero-order valence-corrected chi connectivity index (χ0v) is 9.15. The predicted molar refractivity (Wildman–Crippen MR) is 56.7 cm³/mol. The number of hydrogen-bond acceptors (Lipinski definition) is 4. The van der Waals surface area contributed by atoms with E-state index in [9.17, 15) is 5.11 Å². The third-order valence-electron chi connectivity index (χ3n) is 2.30. The van der Waals surface area contributed by atoms with Crippen LogP contribution in [0.2, 0.25) is 0 Å². The number of aliphatic hydroxyl groups is 1. The summed E-state index contributed by atoms with van der Waals surface area (Å²) in [5, 5.41) is 18.6. The van der Waals surface area contributed by atoms with Crippen LogP contribution in [0.5, 0.6) is 17.2 Å². The molecule has 0 spiro atoms. The Hall–Kier alpha value is -1.42. The molecule has 1 aromatic rings. The maximum atomic E-state index is 9.47. The Kier molecular flexibility index (Phi) is 3.80. The molecule has 0 heterocycles. The first-order valence-corrected chi connectivity index (χ1v) is 4.69. The van der Waals surface area contributed by atoms with Crippen LogP contribution >= 0.6 is 0 Å². The van der Waals surface area contributed by atoms with Crippen LogP contribution in [-0.4, -0.2) is 31.0 Å². The van der Waals surface area contributed by atoms with Gasteiger partial charge in [0.05, 0.1) is 14.2 Å². The highest BCUT2D eigenvalue weighted by atomic mass is 16.5. The number of rotatable bonds is 4. The molecule has 0 aliphatic heterocycles. The van der Waals surface area contributed by atoms with Crippen molar-refractivity contribution in [1.82, 2.24) is 0 Å². The minimum Gasteiger partial charge on any atom is -0.508 e. The van der Waals surface area contributed by atoms with Gasteiger partial charge in [0, 0.05) is 24.2 Å². The highest BCUT2D eigenvalue weighted by molar-refractivity contribution is 5.52. The zero-order chi connectivity index (χ0) is 11.4. The molecule has 1 aromatic carbocycles. The summed E-state index contributed by atoms with van der Waals surface area (Å²) in [6.45, 7) is 1.83. The summed E-state index contributed by atoms with van der Waals surface area (Å²) in [6.07, 6.45) is 0. The van der Waals surface area contributed by atoms with Crippen molar-refractivity contribution in [2.45, 2.75) is 12.8 Å². The summed E-state index contributed by atoms with van der Waals surface area (Å²) in [7, 11) is 3.03. The van der Waals surface area contributed by atoms with Crippen molar-refractivity contribution in [2.24, 2.45) is 0 Å². The van der Waals surface area contributed by atoms with Gasteiger partial charge in [0.2, 0.25) is 0 Å². The minimum atomic E-state index is -0.110. The van der Waals surface area contributed by atoms with Gasteiger partial charge in [0.25, 0.3) is 0 Å². The van der Waals surface area contributed by atoms with Crippen molar-refractivity contribution >= 4 is 0 Å². The van der Waals surface area contributed by atoms with Crippen molar-refractivity contribution in [1.29, 1.82) is 0 Å². The molecule has 0 aromatic heterocycles. The number of aromatic hydroxyl groups is 1. The Bertz CT molecular complexity index is 336. The van der Waals surface area contributed by atoms with Gasteiger partial charge < -0.3 is 19.7 Å². The van der Waals surface area contributed by atoms with Crippen molar-refractivity contribution in [3.63, 3.8) is 0 Å². The lowest BCUT2D eigenvalue weighted by Gasteiger charge is -2.16. The van der Waals surface area contributed by atoms with Crippen molar-refractivity contribution in [3.05, 3.63) is 17.7 Å². The Balaban J connectivity index is 3.28. The molecule has 0 aliphatic carbocycles. The smallest absolute Gasteiger partial charge is 0.164 e. The van der Waals surface area contributed by atoms with E-state index < -0.39 is 0 Å². The molecular formula is C11H16O4. The second-order valence-electron chi connectivity index (χ2n) is 3.35. The Labute approximate surface area is 89.1 Å². The maximum Gasteiger partial charge on any atom is 0.164 e. The number of aliphatic hydroxyl groups excluding tert-OH is 1. The Morgan fingerprint density at radius 3 is 2.40 bits per heavy atom. The molecule has 4 heteroatoms. The molecule has 1 unspecified atom stereocenters.